The summed E-state index contributed by atoms with van der Waals surface area (Å²) in [5, 5.41) is 23.2. The monoisotopic (exact) mass is 1060 g/mol. The second-order valence-corrected chi connectivity index (χ2v) is 21.1. The number of nitrogens with one attached hydrogen (secondary N) is 1. The third-order valence-electron chi connectivity index (χ3n) is 13.7. The number of hydrogen-bond acceptors (Lipinski definition) is 3. The molecule has 1 amide bonds. The van der Waals surface area contributed by atoms with Gasteiger partial charge in [-0.05, 0) is 116 Å². The van der Waals surface area contributed by atoms with Crippen LogP contribution in [-0.4, -0.2) is 34.9 Å². The molecule has 77 heavy (non-hydrogen) atoms. The Morgan fingerprint density at radius 2 is 0.584 bits per heavy atom. The van der Waals surface area contributed by atoms with Gasteiger partial charge in [0, 0.05) is 6.42 Å². The zero-order chi connectivity index (χ0) is 55.5. The molecular weight excluding hydrogens is 939 g/mol. The van der Waals surface area contributed by atoms with E-state index in [-0.39, 0.29) is 12.5 Å². The van der Waals surface area contributed by atoms with Crippen molar-refractivity contribution in [2.75, 3.05) is 6.61 Å². The number of unbranched alkanes of at least 4 members (excludes halogenated alkanes) is 26. The molecule has 0 saturated carbocycles. The van der Waals surface area contributed by atoms with Crippen molar-refractivity contribution < 1.29 is 15.0 Å². The van der Waals surface area contributed by atoms with Gasteiger partial charge in [-0.1, -0.05) is 313 Å². The van der Waals surface area contributed by atoms with E-state index in [9.17, 15) is 15.0 Å². The first kappa shape index (κ1) is 73.0. The SMILES string of the molecule is CC/C=C\C/C=C\C/C=C\C/C=C\C/C=C\C/C=C\C/C=C\C/C=C\C/C=C\C/C=C\C/C=C\CCCCCCCCCC(=O)NC(CO)C(O)/C=C/CC/C=C/CCCCCCCCCCCCCCCCCCCC. The second-order valence-electron chi connectivity index (χ2n) is 21.1. The Morgan fingerprint density at radius 1 is 0.325 bits per heavy atom. The van der Waals surface area contributed by atoms with Crippen LogP contribution in [0.5, 0.6) is 0 Å². The summed E-state index contributed by atoms with van der Waals surface area (Å²) >= 11 is 0. The first-order chi connectivity index (χ1) is 38.2. The van der Waals surface area contributed by atoms with E-state index >= 15 is 0 Å². The van der Waals surface area contributed by atoms with Crippen LogP contribution in [-0.2, 0) is 4.79 Å². The normalized spacial score (nSPS) is 13.9. The molecule has 0 aromatic rings. The zero-order valence-corrected chi connectivity index (χ0v) is 50.2. The molecule has 0 saturated heterocycles. The van der Waals surface area contributed by atoms with Gasteiger partial charge < -0.3 is 15.5 Å². The lowest BCUT2D eigenvalue weighted by molar-refractivity contribution is -0.123. The highest BCUT2D eigenvalue weighted by Crippen LogP contribution is 2.16. The summed E-state index contributed by atoms with van der Waals surface area (Å²) < 4.78 is 0. The molecule has 4 heteroatoms. The summed E-state index contributed by atoms with van der Waals surface area (Å²) in [7, 11) is 0. The first-order valence-electron chi connectivity index (χ1n) is 32.2. The van der Waals surface area contributed by atoms with E-state index in [0.29, 0.717) is 6.42 Å². The van der Waals surface area contributed by atoms with Crippen molar-refractivity contribution in [3.05, 3.63) is 158 Å². The van der Waals surface area contributed by atoms with Crippen molar-refractivity contribution in [2.45, 2.75) is 289 Å². The molecule has 2 atom stereocenters. The molecule has 0 aromatic heterocycles. The smallest absolute Gasteiger partial charge is 0.220 e. The van der Waals surface area contributed by atoms with Gasteiger partial charge in [-0.2, -0.15) is 0 Å². The van der Waals surface area contributed by atoms with Crippen LogP contribution in [0.1, 0.15) is 277 Å². The van der Waals surface area contributed by atoms with E-state index in [1.807, 2.05) is 6.08 Å². The van der Waals surface area contributed by atoms with E-state index in [2.05, 4.69) is 165 Å². The lowest BCUT2D eigenvalue weighted by Crippen LogP contribution is -2.45. The predicted octanol–water partition coefficient (Wildman–Crippen LogP) is 22.1. The van der Waals surface area contributed by atoms with Gasteiger partial charge in [0.05, 0.1) is 18.8 Å². The molecule has 0 bridgehead atoms. The molecule has 0 heterocycles. The highest BCUT2D eigenvalue weighted by Gasteiger charge is 2.18. The average Bonchev–Trinajstić information content (AvgIpc) is 3.43. The minimum atomic E-state index is -0.879. The van der Waals surface area contributed by atoms with E-state index in [1.54, 1.807) is 6.08 Å². The molecule has 436 valence electrons. The fourth-order valence-corrected chi connectivity index (χ4v) is 8.91. The van der Waals surface area contributed by atoms with Gasteiger partial charge in [0.25, 0.3) is 0 Å². The molecule has 0 aromatic carbocycles. The van der Waals surface area contributed by atoms with Gasteiger partial charge in [0.15, 0.2) is 0 Å². The molecular formula is C73H121NO3. The summed E-state index contributed by atoms with van der Waals surface area (Å²) in [5.41, 5.74) is 0. The van der Waals surface area contributed by atoms with Crippen LogP contribution >= 0.6 is 0 Å². The van der Waals surface area contributed by atoms with Crippen molar-refractivity contribution in [1.29, 1.82) is 0 Å². The van der Waals surface area contributed by atoms with Gasteiger partial charge in [0.2, 0.25) is 5.91 Å². The Balaban J connectivity index is 3.66. The highest BCUT2D eigenvalue weighted by molar-refractivity contribution is 5.76. The maximum absolute atomic E-state index is 12.5. The number of carbonyl (C=O) groups excluding carboxylic acids is 1. The number of aliphatic hydroxyl groups is 2. The minimum absolute atomic E-state index is 0.0895. The van der Waals surface area contributed by atoms with Crippen LogP contribution in [0, 0.1) is 0 Å². The fraction of sp³-hybridized carbons (Fsp3) is 0.630. The van der Waals surface area contributed by atoms with Crippen molar-refractivity contribution in [1.82, 2.24) is 5.32 Å². The van der Waals surface area contributed by atoms with Gasteiger partial charge in [-0.3, -0.25) is 4.79 Å². The van der Waals surface area contributed by atoms with E-state index < -0.39 is 12.1 Å². The Labute approximate surface area is 477 Å². The van der Waals surface area contributed by atoms with Crippen LogP contribution in [0.25, 0.3) is 0 Å². The number of amides is 1. The lowest BCUT2D eigenvalue weighted by atomic mass is 10.0. The summed E-state index contributed by atoms with van der Waals surface area (Å²) in [4.78, 5) is 12.5. The van der Waals surface area contributed by atoms with Crippen LogP contribution in [0.15, 0.2) is 158 Å². The van der Waals surface area contributed by atoms with Gasteiger partial charge in [0.1, 0.15) is 0 Å². The predicted molar refractivity (Wildman–Crippen MR) is 344 cm³/mol. The third kappa shape index (κ3) is 62.7. The van der Waals surface area contributed by atoms with Crippen LogP contribution < -0.4 is 5.32 Å². The Kier molecular flexibility index (Phi) is 62.9. The molecule has 3 N–H and O–H groups in total. The van der Waals surface area contributed by atoms with Crippen LogP contribution in [0.2, 0.25) is 0 Å². The molecule has 4 nitrogen and oxygen atoms in total. The Hall–Kier alpha value is -3.99. The molecule has 0 aliphatic rings. The zero-order valence-electron chi connectivity index (χ0n) is 50.2. The standard InChI is InChI=1S/C73H121NO3/c1-3-5-7-9-11-13-15-17-19-21-23-25-27-29-30-31-32-33-34-35-36-37-38-39-40-41-42-43-44-45-47-49-51-53-55-57-59-61-63-65-67-69-73(77)74-71(70-75)72(76)68-66-64-62-60-58-56-54-52-50-48-46-28-26-24-22-20-18-16-14-12-10-8-6-4-2/h5,7,11,13,17,19,23,25,29-30,32-33,35-36,38-39,41-42,44-45,49,51,58,60,66,68,71-72,75-76H,3-4,6,8-10,12,14-16,18,20-22,24,26-28,31,34,37,40,43,46-48,50,52-57,59,61-65,67,69-70H2,1-2H3,(H,74,77)/b7-5-,13-11-,19-17-,25-23-,30-29-,33-32-,36-35-,39-38-,42-41-,45-44-,51-49-,60-58+,68-66+. The Morgan fingerprint density at radius 3 is 0.909 bits per heavy atom. The average molecular weight is 1060 g/mol. The maximum atomic E-state index is 12.5. The molecule has 0 aliphatic heterocycles. The number of aliphatic hydroxyl groups excluding tert-OH is 2. The Bertz CT molecular complexity index is 1630. The molecule has 0 fully saturated rings. The van der Waals surface area contributed by atoms with Crippen molar-refractivity contribution >= 4 is 5.91 Å². The molecule has 2 unspecified atom stereocenters. The minimum Gasteiger partial charge on any atom is -0.394 e. The number of allylic oxidation sites excluding steroid dienone is 25. The summed E-state index contributed by atoms with van der Waals surface area (Å²) in [6.07, 6.45) is 106. The summed E-state index contributed by atoms with van der Waals surface area (Å²) in [6.45, 7) is 4.19. The van der Waals surface area contributed by atoms with Crippen LogP contribution in [0.3, 0.4) is 0 Å². The molecule has 0 radical (unpaired) electrons. The highest BCUT2D eigenvalue weighted by atomic mass is 16.3. The molecule has 0 rings (SSSR count). The molecule has 0 aliphatic carbocycles. The first-order valence-corrected chi connectivity index (χ1v) is 32.2. The topological polar surface area (TPSA) is 69.6 Å². The van der Waals surface area contributed by atoms with Gasteiger partial charge >= 0.3 is 0 Å². The van der Waals surface area contributed by atoms with Gasteiger partial charge in [-0.15, -0.1) is 0 Å². The second kappa shape index (κ2) is 66.3. The maximum Gasteiger partial charge on any atom is 0.220 e. The summed E-state index contributed by atoms with van der Waals surface area (Å²) in [6, 6.07) is -0.658. The van der Waals surface area contributed by atoms with Crippen molar-refractivity contribution in [3.8, 4) is 0 Å². The van der Waals surface area contributed by atoms with Gasteiger partial charge in [-0.25, -0.2) is 0 Å². The largest absolute Gasteiger partial charge is 0.394 e. The van der Waals surface area contributed by atoms with E-state index in [1.165, 1.54) is 141 Å². The number of rotatable bonds is 57. The quantitative estimate of drug-likeness (QED) is 0.0420. The number of carbonyl (C=O) groups is 1. The number of hydrogen-bond donors (Lipinski definition) is 3. The fourth-order valence-electron chi connectivity index (χ4n) is 8.91. The van der Waals surface area contributed by atoms with Crippen LogP contribution in [0.4, 0.5) is 0 Å². The lowest BCUT2D eigenvalue weighted by Gasteiger charge is -2.19. The summed E-state index contributed by atoms with van der Waals surface area (Å²) in [5.74, 6) is -0.0895. The van der Waals surface area contributed by atoms with E-state index in [0.717, 1.165) is 116 Å². The van der Waals surface area contributed by atoms with Crippen molar-refractivity contribution in [2.24, 2.45) is 0 Å². The van der Waals surface area contributed by atoms with Crippen molar-refractivity contribution in [3.63, 3.8) is 0 Å². The molecule has 0 spiro atoms. The third-order valence-corrected chi connectivity index (χ3v) is 13.7. The van der Waals surface area contributed by atoms with E-state index in [4.69, 9.17) is 0 Å².